The molecule has 0 bridgehead atoms. The van der Waals surface area contributed by atoms with Crippen molar-refractivity contribution in [2.24, 2.45) is 7.05 Å². The van der Waals surface area contributed by atoms with Gasteiger partial charge in [-0.3, -0.25) is 9.48 Å². The van der Waals surface area contributed by atoms with E-state index in [1.807, 2.05) is 5.32 Å². The van der Waals surface area contributed by atoms with Gasteiger partial charge in [0, 0.05) is 17.7 Å². The molecule has 1 aromatic heterocycles. The standard InChI is InChI=1S/C14H13BrF3N3O3S/c1-21-6-11(13(20-21)14(16,17)18)19-12(22)8-25(23,24)7-9-3-2-4-10(15)5-9/h2-6H,7-8H2,1H3,(H,19,22). The quantitative estimate of drug-likeness (QED) is 0.776. The maximum atomic E-state index is 12.8. The Morgan fingerprint density at radius 1 is 1.36 bits per heavy atom. The number of carbonyl (C=O) groups is 1. The fraction of sp³-hybridized carbons (Fsp3) is 0.286. The smallest absolute Gasteiger partial charge is 0.322 e. The molecule has 2 rings (SSSR count). The van der Waals surface area contributed by atoms with Crippen LogP contribution in [-0.2, 0) is 33.6 Å². The van der Waals surface area contributed by atoms with Crippen molar-refractivity contribution in [3.05, 3.63) is 46.2 Å². The minimum atomic E-state index is -4.76. The summed E-state index contributed by atoms with van der Waals surface area (Å²) in [6, 6.07) is 6.51. The number of carbonyl (C=O) groups excluding carboxylic acids is 1. The number of rotatable bonds is 5. The zero-order valence-electron chi connectivity index (χ0n) is 12.8. The van der Waals surface area contributed by atoms with Crippen LogP contribution in [0.15, 0.2) is 34.9 Å². The van der Waals surface area contributed by atoms with Gasteiger partial charge in [0.2, 0.25) is 5.91 Å². The second-order valence-corrected chi connectivity index (χ2v) is 8.25. The number of alkyl halides is 3. The predicted molar refractivity (Wildman–Crippen MR) is 88.5 cm³/mol. The molecular weight excluding hydrogens is 427 g/mol. The molecule has 0 aliphatic carbocycles. The highest BCUT2D eigenvalue weighted by Crippen LogP contribution is 2.33. The van der Waals surface area contributed by atoms with Gasteiger partial charge in [0.05, 0.1) is 11.4 Å². The Morgan fingerprint density at radius 2 is 2.04 bits per heavy atom. The highest BCUT2D eigenvalue weighted by Gasteiger charge is 2.37. The zero-order valence-corrected chi connectivity index (χ0v) is 15.2. The van der Waals surface area contributed by atoms with Gasteiger partial charge < -0.3 is 5.32 Å². The van der Waals surface area contributed by atoms with E-state index in [0.717, 1.165) is 10.9 Å². The number of aromatic nitrogens is 2. The minimum absolute atomic E-state index is 0.404. The van der Waals surface area contributed by atoms with Crippen molar-refractivity contribution in [1.29, 1.82) is 0 Å². The van der Waals surface area contributed by atoms with Gasteiger partial charge in [-0.1, -0.05) is 28.1 Å². The highest BCUT2D eigenvalue weighted by atomic mass is 79.9. The maximum absolute atomic E-state index is 12.8. The van der Waals surface area contributed by atoms with E-state index >= 15 is 0 Å². The Morgan fingerprint density at radius 3 is 2.64 bits per heavy atom. The molecule has 2 aromatic rings. The van der Waals surface area contributed by atoms with Gasteiger partial charge in [-0.2, -0.15) is 18.3 Å². The number of sulfone groups is 1. The van der Waals surface area contributed by atoms with Crippen molar-refractivity contribution in [1.82, 2.24) is 9.78 Å². The highest BCUT2D eigenvalue weighted by molar-refractivity contribution is 9.10. The molecular formula is C14H13BrF3N3O3S. The number of benzene rings is 1. The lowest BCUT2D eigenvalue weighted by molar-refractivity contribution is -0.140. The minimum Gasteiger partial charge on any atom is -0.322 e. The molecule has 0 fully saturated rings. The number of nitrogens with zero attached hydrogens (tertiary/aromatic N) is 2. The number of aryl methyl sites for hydroxylation is 1. The topological polar surface area (TPSA) is 81.1 Å². The molecule has 1 aromatic carbocycles. The van der Waals surface area contributed by atoms with Crippen LogP contribution in [0, 0.1) is 0 Å². The van der Waals surface area contributed by atoms with Gasteiger partial charge >= 0.3 is 6.18 Å². The van der Waals surface area contributed by atoms with E-state index in [4.69, 9.17) is 0 Å². The van der Waals surface area contributed by atoms with Crippen molar-refractivity contribution >= 4 is 37.4 Å². The largest absolute Gasteiger partial charge is 0.437 e. The molecule has 1 N–H and O–H groups in total. The molecule has 0 radical (unpaired) electrons. The van der Waals surface area contributed by atoms with Gasteiger partial charge in [-0.25, -0.2) is 8.42 Å². The lowest BCUT2D eigenvalue weighted by Crippen LogP contribution is -2.25. The van der Waals surface area contributed by atoms with E-state index < -0.39 is 44.8 Å². The average molecular weight is 440 g/mol. The summed E-state index contributed by atoms with van der Waals surface area (Å²) < 4.78 is 64.2. The van der Waals surface area contributed by atoms with Gasteiger partial charge in [0.15, 0.2) is 15.5 Å². The molecule has 11 heteroatoms. The molecule has 1 amide bonds. The summed E-state index contributed by atoms with van der Waals surface area (Å²) in [4.78, 5) is 11.9. The Balaban J connectivity index is 2.10. The van der Waals surface area contributed by atoms with Crippen molar-refractivity contribution in [2.75, 3.05) is 11.1 Å². The van der Waals surface area contributed by atoms with Gasteiger partial charge in [0.1, 0.15) is 5.75 Å². The summed E-state index contributed by atoms with van der Waals surface area (Å²) in [5.41, 5.74) is -1.41. The average Bonchev–Trinajstić information content (AvgIpc) is 2.77. The number of anilines is 1. The summed E-state index contributed by atoms with van der Waals surface area (Å²) in [7, 11) is -2.59. The molecule has 0 saturated heterocycles. The van der Waals surface area contributed by atoms with Gasteiger partial charge in [0.25, 0.3) is 0 Å². The third-order valence-electron chi connectivity index (χ3n) is 3.00. The predicted octanol–water partition coefficient (Wildman–Crippen LogP) is 2.75. The summed E-state index contributed by atoms with van der Waals surface area (Å²) in [6.45, 7) is 0. The second-order valence-electron chi connectivity index (χ2n) is 5.27. The number of hydrogen-bond donors (Lipinski definition) is 1. The van der Waals surface area contributed by atoms with Gasteiger partial charge in [-0.15, -0.1) is 0 Å². The van der Waals surface area contributed by atoms with Crippen LogP contribution < -0.4 is 5.32 Å². The van der Waals surface area contributed by atoms with Crippen LogP contribution in [-0.4, -0.2) is 29.9 Å². The fourth-order valence-electron chi connectivity index (χ4n) is 2.11. The molecule has 25 heavy (non-hydrogen) atoms. The number of amides is 1. The second kappa shape index (κ2) is 7.16. The Kier molecular flexibility index (Phi) is 5.57. The van der Waals surface area contributed by atoms with E-state index in [1.54, 1.807) is 24.3 Å². The number of halogens is 4. The Labute approximate surface area is 150 Å². The molecule has 0 spiro atoms. The van der Waals surface area contributed by atoms with Crippen LogP contribution >= 0.6 is 15.9 Å². The van der Waals surface area contributed by atoms with Crippen molar-refractivity contribution < 1.29 is 26.4 Å². The van der Waals surface area contributed by atoms with Crippen LogP contribution in [0.5, 0.6) is 0 Å². The third-order valence-corrected chi connectivity index (χ3v) is 4.97. The third kappa shape index (κ3) is 5.56. The molecule has 0 unspecified atom stereocenters. The molecule has 0 aliphatic rings. The van der Waals surface area contributed by atoms with Crippen molar-refractivity contribution in [2.45, 2.75) is 11.9 Å². The molecule has 0 saturated carbocycles. The first-order valence-electron chi connectivity index (χ1n) is 6.82. The van der Waals surface area contributed by atoms with Crippen LogP contribution in [0.3, 0.4) is 0 Å². The summed E-state index contributed by atoms with van der Waals surface area (Å²) in [5, 5.41) is 5.19. The fourth-order valence-corrected chi connectivity index (χ4v) is 3.81. The summed E-state index contributed by atoms with van der Waals surface area (Å²) in [5.74, 6) is -2.40. The lowest BCUT2D eigenvalue weighted by atomic mass is 10.2. The van der Waals surface area contributed by atoms with Crippen LogP contribution in [0.25, 0.3) is 0 Å². The maximum Gasteiger partial charge on any atom is 0.437 e. The molecule has 0 aliphatic heterocycles. The monoisotopic (exact) mass is 439 g/mol. The normalized spacial score (nSPS) is 12.2. The summed E-state index contributed by atoms with van der Waals surface area (Å²) >= 11 is 3.20. The zero-order chi connectivity index (χ0) is 18.8. The van der Waals surface area contributed by atoms with Crippen LogP contribution in [0.1, 0.15) is 11.3 Å². The lowest BCUT2D eigenvalue weighted by Gasteiger charge is -2.08. The Hall–Kier alpha value is -1.88. The first-order chi connectivity index (χ1) is 11.5. The Bertz CT molecular complexity index is 894. The van der Waals surface area contributed by atoms with Crippen LogP contribution in [0.2, 0.25) is 0 Å². The first kappa shape index (κ1) is 19.4. The molecule has 0 atom stereocenters. The van der Waals surface area contributed by atoms with E-state index in [1.165, 1.54) is 7.05 Å². The summed E-state index contributed by atoms with van der Waals surface area (Å²) in [6.07, 6.45) is -3.80. The molecule has 136 valence electrons. The van der Waals surface area contributed by atoms with Gasteiger partial charge in [-0.05, 0) is 17.7 Å². The van der Waals surface area contributed by atoms with E-state index in [9.17, 15) is 26.4 Å². The van der Waals surface area contributed by atoms with Crippen molar-refractivity contribution in [3.63, 3.8) is 0 Å². The SMILES string of the molecule is Cn1cc(NC(=O)CS(=O)(=O)Cc2cccc(Br)c2)c(C(F)(F)F)n1. The molecule has 1 heterocycles. The van der Waals surface area contributed by atoms with E-state index in [2.05, 4.69) is 21.0 Å². The number of nitrogens with one attached hydrogen (secondary N) is 1. The van der Waals surface area contributed by atoms with E-state index in [-0.39, 0.29) is 0 Å². The van der Waals surface area contributed by atoms with Crippen molar-refractivity contribution in [3.8, 4) is 0 Å². The first-order valence-corrected chi connectivity index (χ1v) is 9.43. The number of hydrogen-bond acceptors (Lipinski definition) is 4. The van der Waals surface area contributed by atoms with Crippen LogP contribution in [0.4, 0.5) is 18.9 Å². The molecule has 6 nitrogen and oxygen atoms in total. The van der Waals surface area contributed by atoms with E-state index in [0.29, 0.717) is 10.0 Å².